The maximum atomic E-state index is 12.6. The summed E-state index contributed by atoms with van der Waals surface area (Å²) in [6.45, 7) is 5.01. The Morgan fingerprint density at radius 3 is 2.60 bits per heavy atom. The number of hydrogen-bond acceptors (Lipinski definition) is 3. The molecule has 1 amide bonds. The summed E-state index contributed by atoms with van der Waals surface area (Å²) in [7, 11) is 0. The lowest BCUT2D eigenvalue weighted by Crippen LogP contribution is -2.34. The van der Waals surface area contributed by atoms with Gasteiger partial charge in [-0.1, -0.05) is 48.5 Å². The Kier molecular flexibility index (Phi) is 6.31. The molecule has 0 radical (unpaired) electrons. The molecule has 0 aromatic heterocycles. The highest BCUT2D eigenvalue weighted by molar-refractivity contribution is 7.99. The number of nitrogens with one attached hydrogen (secondary N) is 1. The average molecular weight is 353 g/mol. The Bertz CT molecular complexity index is 713. The van der Waals surface area contributed by atoms with Crippen molar-refractivity contribution in [3.63, 3.8) is 0 Å². The van der Waals surface area contributed by atoms with Crippen LogP contribution in [0, 0.1) is 0 Å². The number of carbonyl (C=O) groups is 1. The van der Waals surface area contributed by atoms with Crippen molar-refractivity contribution < 1.29 is 4.79 Å². The molecule has 1 N–H and O–H groups in total. The predicted molar refractivity (Wildman–Crippen MR) is 106 cm³/mol. The molecule has 3 nitrogen and oxygen atoms in total. The van der Waals surface area contributed by atoms with Gasteiger partial charge in [-0.15, -0.1) is 18.3 Å². The first-order valence-corrected chi connectivity index (χ1v) is 9.65. The lowest BCUT2D eigenvalue weighted by Gasteiger charge is -2.22. The van der Waals surface area contributed by atoms with Crippen LogP contribution in [0.3, 0.4) is 0 Å². The quantitative estimate of drug-likeness (QED) is 0.530. The number of anilines is 1. The molecule has 130 valence electrons. The molecule has 2 aromatic carbocycles. The molecule has 1 aliphatic carbocycles. The average Bonchev–Trinajstić information content (AvgIpc) is 3.46. The normalized spacial score (nSPS) is 13.6. The summed E-state index contributed by atoms with van der Waals surface area (Å²) in [6.07, 6.45) is 4.25. The van der Waals surface area contributed by atoms with Gasteiger partial charge in [-0.25, -0.2) is 0 Å². The topological polar surface area (TPSA) is 32.3 Å². The van der Waals surface area contributed by atoms with Gasteiger partial charge in [0.05, 0.1) is 12.2 Å². The number of amides is 1. The fraction of sp³-hybridized carbons (Fsp3) is 0.286. The minimum atomic E-state index is 0.0504. The number of nitrogens with zero attached hydrogens (tertiary/aromatic N) is 1. The molecule has 4 heteroatoms. The van der Waals surface area contributed by atoms with Gasteiger partial charge < -0.3 is 5.32 Å². The molecule has 1 aliphatic rings. The van der Waals surface area contributed by atoms with Crippen LogP contribution in [0.1, 0.15) is 18.4 Å². The van der Waals surface area contributed by atoms with E-state index in [1.54, 1.807) is 11.8 Å². The number of benzene rings is 2. The Morgan fingerprint density at radius 2 is 1.88 bits per heavy atom. The van der Waals surface area contributed by atoms with E-state index in [1.165, 1.54) is 18.4 Å². The zero-order chi connectivity index (χ0) is 17.5. The third-order valence-corrected chi connectivity index (χ3v) is 5.23. The highest BCUT2D eigenvalue weighted by Gasteiger charge is 2.30. The van der Waals surface area contributed by atoms with E-state index in [0.29, 0.717) is 12.6 Å². The maximum Gasteiger partial charge on any atom is 0.238 e. The van der Waals surface area contributed by atoms with Crippen molar-refractivity contribution in [2.45, 2.75) is 30.3 Å². The number of carbonyl (C=O) groups excluding carboxylic acids is 1. The zero-order valence-corrected chi connectivity index (χ0v) is 15.2. The highest BCUT2D eigenvalue weighted by atomic mass is 32.2. The molecule has 0 unspecified atom stereocenters. The molecule has 0 spiro atoms. The molecule has 3 rings (SSSR count). The second kappa shape index (κ2) is 8.88. The van der Waals surface area contributed by atoms with Crippen molar-refractivity contribution in [1.82, 2.24) is 4.90 Å². The van der Waals surface area contributed by atoms with Gasteiger partial charge in [0.25, 0.3) is 0 Å². The van der Waals surface area contributed by atoms with Gasteiger partial charge in [0.1, 0.15) is 0 Å². The van der Waals surface area contributed by atoms with E-state index in [4.69, 9.17) is 0 Å². The predicted octanol–water partition coefficient (Wildman–Crippen LogP) is 4.57. The largest absolute Gasteiger partial charge is 0.324 e. The SMILES string of the molecule is C=CCSc1ccccc1NC(=O)CN(Cc1ccccc1)C1CC1. The molecule has 1 saturated carbocycles. The first-order chi connectivity index (χ1) is 12.3. The van der Waals surface area contributed by atoms with E-state index in [0.717, 1.165) is 22.9 Å². The first kappa shape index (κ1) is 17.8. The second-order valence-corrected chi connectivity index (χ2v) is 7.33. The highest BCUT2D eigenvalue weighted by Crippen LogP contribution is 2.29. The lowest BCUT2D eigenvalue weighted by atomic mass is 10.2. The minimum absolute atomic E-state index is 0.0504. The molecule has 0 heterocycles. The van der Waals surface area contributed by atoms with E-state index in [9.17, 15) is 4.79 Å². The molecular weight excluding hydrogens is 328 g/mol. The second-order valence-electron chi connectivity index (χ2n) is 6.27. The summed E-state index contributed by atoms with van der Waals surface area (Å²) in [5, 5.41) is 3.08. The number of thioether (sulfide) groups is 1. The molecule has 0 saturated heterocycles. The van der Waals surface area contributed by atoms with Gasteiger partial charge in [0, 0.05) is 23.2 Å². The summed E-state index contributed by atoms with van der Waals surface area (Å²) >= 11 is 1.68. The van der Waals surface area contributed by atoms with E-state index in [-0.39, 0.29) is 5.91 Å². The molecule has 0 atom stereocenters. The van der Waals surface area contributed by atoms with Crippen molar-refractivity contribution in [3.8, 4) is 0 Å². The van der Waals surface area contributed by atoms with Crippen LogP contribution in [0.2, 0.25) is 0 Å². The zero-order valence-electron chi connectivity index (χ0n) is 14.4. The maximum absolute atomic E-state index is 12.6. The van der Waals surface area contributed by atoms with Gasteiger partial charge in [0.15, 0.2) is 0 Å². The monoisotopic (exact) mass is 352 g/mol. The molecule has 0 bridgehead atoms. The standard InChI is InChI=1S/C21H24N2OS/c1-2-14-25-20-11-7-6-10-19(20)22-21(24)16-23(18-12-13-18)15-17-8-4-3-5-9-17/h2-11,18H,1,12-16H2,(H,22,24). The van der Waals surface area contributed by atoms with Crippen molar-refractivity contribution >= 4 is 23.4 Å². The lowest BCUT2D eigenvalue weighted by molar-refractivity contribution is -0.117. The smallest absolute Gasteiger partial charge is 0.238 e. The molecule has 25 heavy (non-hydrogen) atoms. The Hall–Kier alpha value is -2.04. The van der Waals surface area contributed by atoms with Crippen molar-refractivity contribution in [2.75, 3.05) is 17.6 Å². The minimum Gasteiger partial charge on any atom is -0.324 e. The third kappa shape index (κ3) is 5.48. The van der Waals surface area contributed by atoms with Crippen LogP contribution in [0.25, 0.3) is 0 Å². The fourth-order valence-electron chi connectivity index (χ4n) is 2.79. The van der Waals surface area contributed by atoms with Crippen LogP contribution >= 0.6 is 11.8 Å². The van der Waals surface area contributed by atoms with Gasteiger partial charge in [-0.2, -0.15) is 0 Å². The van der Waals surface area contributed by atoms with E-state index in [1.807, 2.05) is 48.5 Å². The molecule has 1 fully saturated rings. The van der Waals surface area contributed by atoms with Crippen molar-refractivity contribution in [3.05, 3.63) is 72.8 Å². The molecule has 2 aromatic rings. The fourth-order valence-corrected chi connectivity index (χ4v) is 3.54. The van der Waals surface area contributed by atoms with Crippen LogP contribution in [-0.2, 0) is 11.3 Å². The number of hydrogen-bond donors (Lipinski definition) is 1. The number of para-hydroxylation sites is 1. The van der Waals surface area contributed by atoms with Crippen LogP contribution in [0.5, 0.6) is 0 Å². The third-order valence-electron chi connectivity index (χ3n) is 4.16. The van der Waals surface area contributed by atoms with Gasteiger partial charge in [0.2, 0.25) is 5.91 Å². The van der Waals surface area contributed by atoms with Gasteiger partial charge >= 0.3 is 0 Å². The van der Waals surface area contributed by atoms with E-state index >= 15 is 0 Å². The van der Waals surface area contributed by atoms with E-state index in [2.05, 4.69) is 28.9 Å². The molecule has 0 aliphatic heterocycles. The van der Waals surface area contributed by atoms with Crippen molar-refractivity contribution in [2.24, 2.45) is 0 Å². The summed E-state index contributed by atoms with van der Waals surface area (Å²) < 4.78 is 0. The van der Waals surface area contributed by atoms with Crippen molar-refractivity contribution in [1.29, 1.82) is 0 Å². The Balaban J connectivity index is 1.61. The van der Waals surface area contributed by atoms with Crippen LogP contribution in [-0.4, -0.2) is 29.1 Å². The van der Waals surface area contributed by atoms with Crippen LogP contribution in [0.15, 0.2) is 72.1 Å². The van der Waals surface area contributed by atoms with E-state index < -0.39 is 0 Å². The summed E-state index contributed by atoms with van der Waals surface area (Å²) in [5.41, 5.74) is 2.14. The number of rotatable bonds is 9. The molecular formula is C21H24N2OS. The Labute approximate surface area is 154 Å². The van der Waals surface area contributed by atoms with Gasteiger partial charge in [-0.05, 0) is 30.5 Å². The van der Waals surface area contributed by atoms with Crippen LogP contribution in [0.4, 0.5) is 5.69 Å². The van der Waals surface area contributed by atoms with Crippen LogP contribution < -0.4 is 5.32 Å². The summed E-state index contributed by atoms with van der Waals surface area (Å²) in [4.78, 5) is 16.0. The summed E-state index contributed by atoms with van der Waals surface area (Å²) in [6, 6.07) is 18.8. The van der Waals surface area contributed by atoms with Gasteiger partial charge in [-0.3, -0.25) is 9.69 Å². The Morgan fingerprint density at radius 1 is 1.16 bits per heavy atom. The summed E-state index contributed by atoms with van der Waals surface area (Å²) in [5.74, 6) is 0.879. The first-order valence-electron chi connectivity index (χ1n) is 8.67.